The van der Waals surface area contributed by atoms with Crippen LogP contribution in [0.1, 0.15) is 11.6 Å². The zero-order chi connectivity index (χ0) is 9.52. The Morgan fingerprint density at radius 3 is 2.54 bits per heavy atom. The van der Waals surface area contributed by atoms with Crippen molar-refractivity contribution in [3.8, 4) is 0 Å². The van der Waals surface area contributed by atoms with Gasteiger partial charge in [0.25, 0.3) is 0 Å². The number of nitrogens with one attached hydrogen (secondary N) is 1. The maximum absolute atomic E-state index is 6.78. The highest BCUT2D eigenvalue weighted by atomic mass is 15.1. The summed E-state index contributed by atoms with van der Waals surface area (Å²) in [5.41, 5.74) is 7.83. The van der Waals surface area contributed by atoms with Crippen LogP contribution in [0.2, 0.25) is 0 Å². The summed E-state index contributed by atoms with van der Waals surface area (Å²) in [5.74, 6) is 0. The van der Waals surface area contributed by atoms with E-state index in [0.717, 1.165) is 5.56 Å². The van der Waals surface area contributed by atoms with Gasteiger partial charge in [0.15, 0.2) is 0 Å². The molecule has 0 saturated carbocycles. The van der Waals surface area contributed by atoms with Crippen molar-refractivity contribution in [3.05, 3.63) is 35.9 Å². The standard InChI is InChI=1S/C9H12N4/c1-11-13-9(7-12-10)8-5-3-2-4-6-8/h2-6,9-10H,7H2,1H3. The summed E-state index contributed by atoms with van der Waals surface area (Å²) in [5, 5.41) is 11.0. The third kappa shape index (κ3) is 2.74. The lowest BCUT2D eigenvalue weighted by Gasteiger charge is -2.06. The van der Waals surface area contributed by atoms with Gasteiger partial charge in [-0.15, -0.1) is 0 Å². The Hall–Kier alpha value is -1.58. The third-order valence-corrected chi connectivity index (χ3v) is 1.70. The predicted molar refractivity (Wildman–Crippen MR) is 50.0 cm³/mol. The summed E-state index contributed by atoms with van der Waals surface area (Å²) in [6, 6.07) is 9.65. The molecule has 1 atom stereocenters. The minimum atomic E-state index is -0.108. The molecule has 1 unspecified atom stereocenters. The molecule has 1 N–H and O–H groups in total. The minimum absolute atomic E-state index is 0.108. The third-order valence-electron chi connectivity index (χ3n) is 1.70. The van der Waals surface area contributed by atoms with Crippen LogP contribution >= 0.6 is 0 Å². The molecule has 0 aliphatic rings. The number of nitrogens with zero attached hydrogens (tertiary/aromatic N) is 3. The van der Waals surface area contributed by atoms with Gasteiger partial charge in [-0.25, -0.2) is 5.53 Å². The van der Waals surface area contributed by atoms with E-state index < -0.39 is 0 Å². The van der Waals surface area contributed by atoms with Crippen LogP contribution in [0.3, 0.4) is 0 Å². The van der Waals surface area contributed by atoms with Crippen molar-refractivity contribution in [2.45, 2.75) is 6.04 Å². The Kier molecular flexibility index (Phi) is 3.75. The van der Waals surface area contributed by atoms with Gasteiger partial charge in [0, 0.05) is 7.05 Å². The highest BCUT2D eigenvalue weighted by molar-refractivity contribution is 5.19. The van der Waals surface area contributed by atoms with Crippen LogP contribution in [-0.4, -0.2) is 13.6 Å². The molecule has 0 aromatic heterocycles. The molecule has 4 nitrogen and oxygen atoms in total. The molecule has 13 heavy (non-hydrogen) atoms. The van der Waals surface area contributed by atoms with Gasteiger partial charge in [-0.3, -0.25) is 0 Å². The molecule has 0 radical (unpaired) electrons. The summed E-state index contributed by atoms with van der Waals surface area (Å²) in [4.78, 5) is 0. The fourth-order valence-corrected chi connectivity index (χ4v) is 1.11. The monoisotopic (exact) mass is 176 g/mol. The van der Waals surface area contributed by atoms with Gasteiger partial charge in [-0.2, -0.15) is 15.3 Å². The van der Waals surface area contributed by atoms with Crippen molar-refractivity contribution >= 4 is 0 Å². The van der Waals surface area contributed by atoms with Crippen LogP contribution in [0.15, 0.2) is 45.7 Å². The van der Waals surface area contributed by atoms with Crippen molar-refractivity contribution in [1.82, 2.24) is 0 Å². The number of hydrogen-bond acceptors (Lipinski definition) is 4. The van der Waals surface area contributed by atoms with E-state index in [0.29, 0.717) is 6.54 Å². The highest BCUT2D eigenvalue weighted by Crippen LogP contribution is 2.17. The molecule has 4 heteroatoms. The molecule has 0 heterocycles. The van der Waals surface area contributed by atoms with Gasteiger partial charge in [0.05, 0.1) is 6.54 Å². The van der Waals surface area contributed by atoms with Crippen LogP contribution in [0.4, 0.5) is 0 Å². The quantitative estimate of drug-likeness (QED) is 0.686. The first-order valence-corrected chi connectivity index (χ1v) is 4.05. The molecule has 0 aliphatic carbocycles. The lowest BCUT2D eigenvalue weighted by atomic mass is 10.1. The van der Waals surface area contributed by atoms with Crippen LogP contribution in [-0.2, 0) is 0 Å². The average Bonchev–Trinajstić information content (AvgIpc) is 2.19. The molecular formula is C9H12N4. The molecule has 0 spiro atoms. The zero-order valence-electron chi connectivity index (χ0n) is 7.51. The Morgan fingerprint density at radius 1 is 1.31 bits per heavy atom. The van der Waals surface area contributed by atoms with Gasteiger partial charge in [-0.05, 0) is 5.56 Å². The Balaban J connectivity index is 2.81. The number of azo groups is 1. The second-order valence-electron chi connectivity index (χ2n) is 2.58. The fourth-order valence-electron chi connectivity index (χ4n) is 1.11. The van der Waals surface area contributed by atoms with E-state index in [1.165, 1.54) is 0 Å². The van der Waals surface area contributed by atoms with E-state index in [1.54, 1.807) is 7.05 Å². The van der Waals surface area contributed by atoms with E-state index >= 15 is 0 Å². The van der Waals surface area contributed by atoms with Crippen molar-refractivity contribution in [3.63, 3.8) is 0 Å². The second kappa shape index (κ2) is 5.13. The normalized spacial score (nSPS) is 13.0. The summed E-state index contributed by atoms with van der Waals surface area (Å²) in [6.07, 6.45) is 0. The summed E-state index contributed by atoms with van der Waals surface area (Å²) >= 11 is 0. The first-order valence-electron chi connectivity index (χ1n) is 4.05. The van der Waals surface area contributed by atoms with Gasteiger partial charge >= 0.3 is 0 Å². The van der Waals surface area contributed by atoms with Crippen LogP contribution < -0.4 is 0 Å². The maximum Gasteiger partial charge on any atom is 0.117 e. The maximum atomic E-state index is 6.78. The first kappa shape index (κ1) is 9.51. The largest absolute Gasteiger partial charge is 0.210 e. The molecule has 1 rings (SSSR count). The molecule has 1 aromatic carbocycles. The summed E-state index contributed by atoms with van der Waals surface area (Å²) in [7, 11) is 1.62. The lowest BCUT2D eigenvalue weighted by Crippen LogP contribution is -1.98. The fraction of sp³-hybridized carbons (Fsp3) is 0.333. The van der Waals surface area contributed by atoms with E-state index in [2.05, 4.69) is 15.3 Å². The lowest BCUT2D eigenvalue weighted by molar-refractivity contribution is 0.664. The summed E-state index contributed by atoms with van der Waals surface area (Å²) in [6.45, 7) is 0.362. The number of benzene rings is 1. The highest BCUT2D eigenvalue weighted by Gasteiger charge is 2.07. The molecule has 0 fully saturated rings. The molecule has 0 amide bonds. The molecule has 0 aliphatic heterocycles. The van der Waals surface area contributed by atoms with E-state index in [1.807, 2.05) is 30.3 Å². The van der Waals surface area contributed by atoms with Crippen molar-refractivity contribution in [2.75, 3.05) is 13.6 Å². The smallest absolute Gasteiger partial charge is 0.117 e. The van der Waals surface area contributed by atoms with Crippen molar-refractivity contribution < 1.29 is 0 Å². The van der Waals surface area contributed by atoms with Gasteiger partial charge in [0.1, 0.15) is 6.04 Å². The van der Waals surface area contributed by atoms with Gasteiger partial charge in [0.2, 0.25) is 0 Å². The SMILES string of the molecule is CN=NC(CN=N)c1ccccc1. The Morgan fingerprint density at radius 2 is 2.00 bits per heavy atom. The summed E-state index contributed by atoms with van der Waals surface area (Å²) < 4.78 is 0. The topological polar surface area (TPSA) is 60.9 Å². The molecular weight excluding hydrogens is 164 g/mol. The molecule has 68 valence electrons. The number of hydrogen-bond donors (Lipinski definition) is 1. The van der Waals surface area contributed by atoms with Crippen LogP contribution in [0.25, 0.3) is 0 Å². The Labute approximate surface area is 77.2 Å². The van der Waals surface area contributed by atoms with Crippen molar-refractivity contribution in [1.29, 1.82) is 5.53 Å². The van der Waals surface area contributed by atoms with Gasteiger partial charge < -0.3 is 0 Å². The first-order chi connectivity index (χ1) is 6.38. The molecule has 0 saturated heterocycles. The average molecular weight is 176 g/mol. The van der Waals surface area contributed by atoms with Crippen LogP contribution in [0.5, 0.6) is 0 Å². The van der Waals surface area contributed by atoms with Crippen LogP contribution in [0, 0.1) is 5.53 Å². The predicted octanol–water partition coefficient (Wildman–Crippen LogP) is 2.84. The van der Waals surface area contributed by atoms with E-state index in [4.69, 9.17) is 5.53 Å². The molecule has 1 aromatic rings. The minimum Gasteiger partial charge on any atom is -0.210 e. The van der Waals surface area contributed by atoms with E-state index in [-0.39, 0.29) is 6.04 Å². The molecule has 0 bridgehead atoms. The Bertz CT molecular complexity index is 281. The van der Waals surface area contributed by atoms with Gasteiger partial charge in [-0.1, -0.05) is 30.3 Å². The number of rotatable bonds is 4. The zero-order valence-corrected chi connectivity index (χ0v) is 7.51. The second-order valence-corrected chi connectivity index (χ2v) is 2.58. The van der Waals surface area contributed by atoms with Crippen molar-refractivity contribution in [2.24, 2.45) is 15.3 Å². The van der Waals surface area contributed by atoms with E-state index in [9.17, 15) is 0 Å².